The van der Waals surface area contributed by atoms with Crippen molar-refractivity contribution in [1.82, 2.24) is 0 Å². The molecule has 1 aromatic carbocycles. The van der Waals surface area contributed by atoms with E-state index in [0.717, 1.165) is 0 Å². The number of alkyl halides is 2. The van der Waals surface area contributed by atoms with E-state index in [4.69, 9.17) is 18.0 Å². The number of rotatable bonds is 4. The Morgan fingerprint density at radius 3 is 2.80 bits per heavy atom. The SMILES string of the molecule is C#CCNc1ccc(OC(F)F)c(Cl)c1. The lowest BCUT2D eigenvalue weighted by Crippen LogP contribution is -2.03. The van der Waals surface area contributed by atoms with Crippen LogP contribution in [0.4, 0.5) is 14.5 Å². The van der Waals surface area contributed by atoms with Crippen molar-refractivity contribution in [3.8, 4) is 18.1 Å². The summed E-state index contributed by atoms with van der Waals surface area (Å²) >= 11 is 5.70. The molecule has 0 aliphatic heterocycles. The van der Waals surface area contributed by atoms with Crippen LogP contribution in [-0.4, -0.2) is 13.2 Å². The molecular formula is C10H8ClF2NO. The zero-order valence-electron chi connectivity index (χ0n) is 7.64. The molecule has 0 fully saturated rings. The van der Waals surface area contributed by atoms with Gasteiger partial charge in [-0.1, -0.05) is 17.5 Å². The molecule has 0 amide bonds. The highest BCUT2D eigenvalue weighted by molar-refractivity contribution is 6.32. The molecule has 0 aliphatic rings. The number of benzene rings is 1. The largest absolute Gasteiger partial charge is 0.433 e. The molecule has 0 unspecified atom stereocenters. The summed E-state index contributed by atoms with van der Waals surface area (Å²) in [5.74, 6) is 2.32. The molecule has 80 valence electrons. The standard InChI is InChI=1S/C10H8ClF2NO/c1-2-5-14-7-3-4-9(8(11)6-7)15-10(12)13/h1,3-4,6,10,14H,5H2. The van der Waals surface area contributed by atoms with E-state index in [1.807, 2.05) is 0 Å². The lowest BCUT2D eigenvalue weighted by molar-refractivity contribution is -0.0497. The van der Waals surface area contributed by atoms with Crippen LogP contribution in [0.2, 0.25) is 5.02 Å². The lowest BCUT2D eigenvalue weighted by atomic mass is 10.3. The summed E-state index contributed by atoms with van der Waals surface area (Å²) < 4.78 is 27.9. The van der Waals surface area contributed by atoms with Gasteiger partial charge in [0.05, 0.1) is 11.6 Å². The summed E-state index contributed by atoms with van der Waals surface area (Å²) in [6.07, 6.45) is 5.04. The highest BCUT2D eigenvalue weighted by Crippen LogP contribution is 2.28. The van der Waals surface area contributed by atoms with Crippen molar-refractivity contribution >= 4 is 17.3 Å². The minimum absolute atomic E-state index is 0.0575. The summed E-state index contributed by atoms with van der Waals surface area (Å²) in [5.41, 5.74) is 0.652. The highest BCUT2D eigenvalue weighted by Gasteiger charge is 2.08. The Hall–Kier alpha value is -1.47. The molecule has 0 aromatic heterocycles. The maximum Gasteiger partial charge on any atom is 0.387 e. The van der Waals surface area contributed by atoms with Crippen molar-refractivity contribution in [2.45, 2.75) is 6.61 Å². The van der Waals surface area contributed by atoms with Crippen LogP contribution >= 0.6 is 11.6 Å². The average Bonchev–Trinajstić information content (AvgIpc) is 2.18. The summed E-state index contributed by atoms with van der Waals surface area (Å²) in [6.45, 7) is -2.54. The minimum Gasteiger partial charge on any atom is -0.433 e. The summed E-state index contributed by atoms with van der Waals surface area (Å²) in [7, 11) is 0. The maximum atomic E-state index is 11.9. The molecule has 1 N–H and O–H groups in total. The third kappa shape index (κ3) is 3.64. The van der Waals surface area contributed by atoms with Crippen LogP contribution in [0.3, 0.4) is 0 Å². The Kier molecular flexibility index (Phi) is 4.19. The van der Waals surface area contributed by atoms with E-state index in [-0.39, 0.29) is 10.8 Å². The van der Waals surface area contributed by atoms with Gasteiger partial charge in [-0.2, -0.15) is 8.78 Å². The van der Waals surface area contributed by atoms with Gasteiger partial charge in [0, 0.05) is 5.69 Å². The van der Waals surface area contributed by atoms with Gasteiger partial charge in [0.25, 0.3) is 0 Å². The van der Waals surface area contributed by atoms with Crippen LogP contribution in [-0.2, 0) is 0 Å². The molecule has 15 heavy (non-hydrogen) atoms. The van der Waals surface area contributed by atoms with Crippen molar-refractivity contribution in [3.63, 3.8) is 0 Å². The summed E-state index contributed by atoms with van der Waals surface area (Å²) in [4.78, 5) is 0. The average molecular weight is 232 g/mol. The Morgan fingerprint density at radius 2 is 2.27 bits per heavy atom. The number of hydrogen-bond donors (Lipinski definition) is 1. The zero-order chi connectivity index (χ0) is 11.3. The molecule has 0 saturated heterocycles. The Bertz CT molecular complexity index is 376. The first kappa shape index (κ1) is 11.6. The number of anilines is 1. The first-order valence-electron chi connectivity index (χ1n) is 4.05. The van der Waals surface area contributed by atoms with Crippen molar-refractivity contribution in [1.29, 1.82) is 0 Å². The van der Waals surface area contributed by atoms with Crippen molar-refractivity contribution in [2.75, 3.05) is 11.9 Å². The number of nitrogens with one attached hydrogen (secondary N) is 1. The van der Waals surface area contributed by atoms with Gasteiger partial charge in [-0.25, -0.2) is 0 Å². The second-order valence-electron chi connectivity index (χ2n) is 2.58. The van der Waals surface area contributed by atoms with Gasteiger partial charge in [0.1, 0.15) is 5.75 Å². The molecule has 0 spiro atoms. The van der Waals surface area contributed by atoms with Gasteiger partial charge in [-0.05, 0) is 18.2 Å². The number of terminal acetylenes is 1. The van der Waals surface area contributed by atoms with Crippen LogP contribution in [0.1, 0.15) is 0 Å². The minimum atomic E-state index is -2.88. The van der Waals surface area contributed by atoms with Crippen molar-refractivity contribution < 1.29 is 13.5 Å². The molecule has 0 heterocycles. The monoisotopic (exact) mass is 231 g/mol. The number of ether oxygens (including phenoxy) is 1. The predicted octanol–water partition coefficient (Wildman–Crippen LogP) is 2.99. The normalized spacial score (nSPS) is 9.80. The molecule has 0 saturated carbocycles. The van der Waals surface area contributed by atoms with Gasteiger partial charge in [0.2, 0.25) is 0 Å². The lowest BCUT2D eigenvalue weighted by Gasteiger charge is -2.08. The van der Waals surface area contributed by atoms with E-state index < -0.39 is 6.61 Å². The molecule has 0 atom stereocenters. The fraction of sp³-hybridized carbons (Fsp3) is 0.200. The van der Waals surface area contributed by atoms with Crippen LogP contribution in [0.5, 0.6) is 5.75 Å². The van der Waals surface area contributed by atoms with Gasteiger partial charge in [-0.15, -0.1) is 6.42 Å². The quantitative estimate of drug-likeness (QED) is 0.805. The summed E-state index contributed by atoms with van der Waals surface area (Å²) in [5, 5.41) is 2.96. The number of hydrogen-bond acceptors (Lipinski definition) is 2. The molecule has 1 rings (SSSR count). The molecule has 5 heteroatoms. The molecule has 1 aromatic rings. The van der Waals surface area contributed by atoms with Gasteiger partial charge >= 0.3 is 6.61 Å². The van der Waals surface area contributed by atoms with E-state index in [9.17, 15) is 8.78 Å². The molecule has 0 bridgehead atoms. The van der Waals surface area contributed by atoms with Crippen molar-refractivity contribution in [2.24, 2.45) is 0 Å². The first-order valence-corrected chi connectivity index (χ1v) is 4.43. The Balaban J connectivity index is 2.75. The van der Waals surface area contributed by atoms with E-state index in [0.29, 0.717) is 12.2 Å². The van der Waals surface area contributed by atoms with E-state index >= 15 is 0 Å². The highest BCUT2D eigenvalue weighted by atomic mass is 35.5. The fourth-order valence-corrected chi connectivity index (χ4v) is 1.18. The van der Waals surface area contributed by atoms with E-state index in [1.165, 1.54) is 12.1 Å². The van der Waals surface area contributed by atoms with Crippen molar-refractivity contribution in [3.05, 3.63) is 23.2 Å². The number of halogens is 3. The van der Waals surface area contributed by atoms with Crippen LogP contribution in [0, 0.1) is 12.3 Å². The zero-order valence-corrected chi connectivity index (χ0v) is 8.39. The predicted molar refractivity (Wildman–Crippen MR) is 55.4 cm³/mol. The smallest absolute Gasteiger partial charge is 0.387 e. The molecular weight excluding hydrogens is 224 g/mol. The van der Waals surface area contributed by atoms with Gasteiger partial charge in [0.15, 0.2) is 0 Å². The maximum absolute atomic E-state index is 11.9. The third-order valence-corrected chi connectivity index (χ3v) is 1.84. The Labute approximate surface area is 91.2 Å². The molecule has 0 radical (unpaired) electrons. The fourth-order valence-electron chi connectivity index (χ4n) is 0.955. The van der Waals surface area contributed by atoms with Gasteiger partial charge < -0.3 is 10.1 Å². The topological polar surface area (TPSA) is 21.3 Å². The van der Waals surface area contributed by atoms with Crippen LogP contribution < -0.4 is 10.1 Å². The molecule has 0 aliphatic carbocycles. The van der Waals surface area contributed by atoms with Crippen LogP contribution in [0.15, 0.2) is 18.2 Å². The van der Waals surface area contributed by atoms with Gasteiger partial charge in [-0.3, -0.25) is 0 Å². The third-order valence-electron chi connectivity index (χ3n) is 1.54. The van der Waals surface area contributed by atoms with E-state index in [1.54, 1.807) is 6.07 Å². The molecule has 2 nitrogen and oxygen atoms in total. The first-order chi connectivity index (χ1) is 7.13. The summed E-state index contributed by atoms with van der Waals surface area (Å²) in [6, 6.07) is 4.38. The Morgan fingerprint density at radius 1 is 1.53 bits per heavy atom. The second kappa shape index (κ2) is 5.42. The van der Waals surface area contributed by atoms with Crippen LogP contribution in [0.25, 0.3) is 0 Å². The van der Waals surface area contributed by atoms with E-state index in [2.05, 4.69) is 16.0 Å². The second-order valence-corrected chi connectivity index (χ2v) is 2.99.